The first-order valence-corrected chi connectivity index (χ1v) is 4.72. The molecule has 17 heavy (non-hydrogen) atoms. The zero-order valence-electron chi connectivity index (χ0n) is 9.07. The van der Waals surface area contributed by atoms with Gasteiger partial charge in [0.15, 0.2) is 0 Å². The molecule has 0 aromatic heterocycles. The molecule has 0 bridgehead atoms. The Hall–Kier alpha value is -2.09. The van der Waals surface area contributed by atoms with Gasteiger partial charge < -0.3 is 9.47 Å². The van der Waals surface area contributed by atoms with Crippen LogP contribution in [0, 0.1) is 11.8 Å². The average molecular weight is 240 g/mol. The van der Waals surface area contributed by atoms with Crippen LogP contribution in [-0.2, 0) is 9.53 Å². The molecule has 3 nitrogen and oxygen atoms in total. The van der Waals surface area contributed by atoms with Crippen LogP contribution >= 0.6 is 0 Å². The Morgan fingerprint density at radius 2 is 2.24 bits per heavy atom. The van der Waals surface area contributed by atoms with E-state index in [4.69, 9.17) is 0 Å². The molecular weight excluding hydrogens is 230 g/mol. The SMILES string of the molecule is COC(=O)CC#Cc1cccc(OC(F)F)c1. The Morgan fingerprint density at radius 1 is 1.47 bits per heavy atom. The van der Waals surface area contributed by atoms with E-state index in [1.807, 2.05) is 0 Å². The molecular formula is C12H10F2O3. The highest BCUT2D eigenvalue weighted by Crippen LogP contribution is 2.15. The summed E-state index contributed by atoms with van der Waals surface area (Å²) in [5.74, 6) is 4.80. The van der Waals surface area contributed by atoms with Gasteiger partial charge in [0.25, 0.3) is 0 Å². The fraction of sp³-hybridized carbons (Fsp3) is 0.250. The molecule has 0 N–H and O–H groups in total. The van der Waals surface area contributed by atoms with Gasteiger partial charge in [-0.2, -0.15) is 8.78 Å². The van der Waals surface area contributed by atoms with Crippen molar-refractivity contribution in [1.29, 1.82) is 0 Å². The number of esters is 1. The van der Waals surface area contributed by atoms with E-state index < -0.39 is 12.6 Å². The van der Waals surface area contributed by atoms with E-state index in [-0.39, 0.29) is 12.2 Å². The van der Waals surface area contributed by atoms with Crippen LogP contribution in [0.3, 0.4) is 0 Å². The molecule has 0 radical (unpaired) electrons. The van der Waals surface area contributed by atoms with Crippen LogP contribution < -0.4 is 4.74 Å². The average Bonchev–Trinajstić information content (AvgIpc) is 2.28. The number of carbonyl (C=O) groups is 1. The molecule has 0 saturated carbocycles. The molecule has 0 saturated heterocycles. The van der Waals surface area contributed by atoms with Crippen molar-refractivity contribution in [3.05, 3.63) is 29.8 Å². The third-order valence-electron chi connectivity index (χ3n) is 1.75. The molecule has 0 amide bonds. The summed E-state index contributed by atoms with van der Waals surface area (Å²) < 4.78 is 32.5. The van der Waals surface area contributed by atoms with E-state index in [0.29, 0.717) is 5.56 Å². The molecule has 1 aromatic carbocycles. The number of halogens is 2. The molecule has 0 atom stereocenters. The highest BCUT2D eigenvalue weighted by atomic mass is 19.3. The quantitative estimate of drug-likeness (QED) is 0.600. The molecule has 0 unspecified atom stereocenters. The second kappa shape index (κ2) is 6.48. The predicted molar refractivity (Wildman–Crippen MR) is 56.6 cm³/mol. The van der Waals surface area contributed by atoms with E-state index in [1.165, 1.54) is 19.2 Å². The van der Waals surface area contributed by atoms with Crippen LogP contribution in [0.2, 0.25) is 0 Å². The van der Waals surface area contributed by atoms with Crippen LogP contribution in [0.1, 0.15) is 12.0 Å². The second-order valence-electron chi connectivity index (χ2n) is 2.96. The molecule has 1 aromatic rings. The predicted octanol–water partition coefficient (Wildman–Crippen LogP) is 2.20. The number of alkyl halides is 2. The maximum absolute atomic E-state index is 11.9. The fourth-order valence-electron chi connectivity index (χ4n) is 1.04. The van der Waals surface area contributed by atoms with Crippen LogP contribution in [0.4, 0.5) is 8.78 Å². The van der Waals surface area contributed by atoms with E-state index in [0.717, 1.165) is 0 Å². The van der Waals surface area contributed by atoms with Crippen molar-refractivity contribution in [2.24, 2.45) is 0 Å². The third-order valence-corrected chi connectivity index (χ3v) is 1.75. The zero-order valence-corrected chi connectivity index (χ0v) is 9.07. The minimum absolute atomic E-state index is 0.0323. The lowest BCUT2D eigenvalue weighted by molar-refractivity contribution is -0.139. The van der Waals surface area contributed by atoms with Gasteiger partial charge in [-0.15, -0.1) is 0 Å². The fourth-order valence-corrected chi connectivity index (χ4v) is 1.04. The minimum atomic E-state index is -2.87. The summed E-state index contributed by atoms with van der Waals surface area (Å²) in [5, 5.41) is 0. The van der Waals surface area contributed by atoms with Gasteiger partial charge in [0.2, 0.25) is 0 Å². The molecule has 90 valence electrons. The van der Waals surface area contributed by atoms with Crippen molar-refractivity contribution in [2.75, 3.05) is 7.11 Å². The van der Waals surface area contributed by atoms with Gasteiger partial charge in [-0.05, 0) is 18.2 Å². The minimum Gasteiger partial charge on any atom is -0.468 e. The number of hydrogen-bond acceptors (Lipinski definition) is 3. The topological polar surface area (TPSA) is 35.5 Å². The number of ether oxygens (including phenoxy) is 2. The molecule has 0 spiro atoms. The summed E-state index contributed by atoms with van der Waals surface area (Å²) in [5.41, 5.74) is 0.493. The Balaban J connectivity index is 2.68. The first-order valence-electron chi connectivity index (χ1n) is 4.72. The van der Waals surface area contributed by atoms with E-state index in [9.17, 15) is 13.6 Å². The summed E-state index contributed by atoms with van der Waals surface area (Å²) in [7, 11) is 1.26. The van der Waals surface area contributed by atoms with Crippen molar-refractivity contribution < 1.29 is 23.0 Å². The van der Waals surface area contributed by atoms with Gasteiger partial charge in [0.1, 0.15) is 12.2 Å². The zero-order chi connectivity index (χ0) is 12.7. The van der Waals surface area contributed by atoms with Gasteiger partial charge in [-0.25, -0.2) is 0 Å². The van der Waals surface area contributed by atoms with Gasteiger partial charge in [-0.3, -0.25) is 4.79 Å². The number of rotatable bonds is 3. The largest absolute Gasteiger partial charge is 0.468 e. The first-order chi connectivity index (χ1) is 8.11. The number of benzene rings is 1. The van der Waals surface area contributed by atoms with Crippen LogP contribution in [0.25, 0.3) is 0 Å². The summed E-state index contributed by atoms with van der Waals surface area (Å²) in [6.45, 7) is -2.87. The molecule has 0 aliphatic rings. The normalized spacial score (nSPS) is 9.41. The lowest BCUT2D eigenvalue weighted by atomic mass is 10.2. The lowest BCUT2D eigenvalue weighted by Gasteiger charge is -2.03. The van der Waals surface area contributed by atoms with E-state index >= 15 is 0 Å². The second-order valence-corrected chi connectivity index (χ2v) is 2.96. The molecule has 5 heteroatoms. The smallest absolute Gasteiger partial charge is 0.387 e. The highest BCUT2D eigenvalue weighted by molar-refractivity contribution is 5.72. The first kappa shape index (κ1) is 13.0. The Kier molecular flexibility index (Phi) is 4.95. The van der Waals surface area contributed by atoms with Crippen molar-refractivity contribution >= 4 is 5.97 Å². The Labute approximate surface area is 97.3 Å². The summed E-state index contributed by atoms with van der Waals surface area (Å²) in [6, 6.07) is 5.94. The van der Waals surface area contributed by atoms with E-state index in [1.54, 1.807) is 12.1 Å². The number of methoxy groups -OCH3 is 1. The van der Waals surface area contributed by atoms with Crippen molar-refractivity contribution in [2.45, 2.75) is 13.0 Å². The van der Waals surface area contributed by atoms with Crippen molar-refractivity contribution in [1.82, 2.24) is 0 Å². The van der Waals surface area contributed by atoms with Gasteiger partial charge in [0, 0.05) is 5.56 Å². The van der Waals surface area contributed by atoms with Crippen molar-refractivity contribution in [3.8, 4) is 17.6 Å². The summed E-state index contributed by atoms with van der Waals surface area (Å²) in [6.07, 6.45) is -0.0452. The van der Waals surface area contributed by atoms with Gasteiger partial charge in [-0.1, -0.05) is 17.9 Å². The summed E-state index contributed by atoms with van der Waals surface area (Å²) in [4.78, 5) is 10.8. The Morgan fingerprint density at radius 3 is 2.88 bits per heavy atom. The van der Waals surface area contributed by atoms with Gasteiger partial charge in [0.05, 0.1) is 7.11 Å². The maximum atomic E-state index is 11.9. The molecule has 0 aliphatic carbocycles. The number of hydrogen-bond donors (Lipinski definition) is 0. The summed E-state index contributed by atoms with van der Waals surface area (Å²) >= 11 is 0. The third kappa shape index (κ3) is 4.98. The standard InChI is InChI=1S/C12H10F2O3/c1-16-11(15)7-3-5-9-4-2-6-10(8-9)17-12(13)14/h2,4,6,8,12H,7H2,1H3. The highest BCUT2D eigenvalue weighted by Gasteiger charge is 2.03. The lowest BCUT2D eigenvalue weighted by Crippen LogP contribution is -2.01. The monoisotopic (exact) mass is 240 g/mol. The molecule has 0 heterocycles. The van der Waals surface area contributed by atoms with Crippen LogP contribution in [-0.4, -0.2) is 19.7 Å². The molecule has 1 rings (SSSR count). The van der Waals surface area contributed by atoms with Crippen LogP contribution in [0.15, 0.2) is 24.3 Å². The molecule has 0 aliphatic heterocycles. The van der Waals surface area contributed by atoms with Crippen LogP contribution in [0.5, 0.6) is 5.75 Å². The Bertz CT molecular complexity index is 447. The van der Waals surface area contributed by atoms with E-state index in [2.05, 4.69) is 21.3 Å². The maximum Gasteiger partial charge on any atom is 0.387 e. The van der Waals surface area contributed by atoms with Crippen molar-refractivity contribution in [3.63, 3.8) is 0 Å². The number of carbonyl (C=O) groups excluding carboxylic acids is 1. The molecule has 0 fully saturated rings. The van der Waals surface area contributed by atoms with Gasteiger partial charge >= 0.3 is 12.6 Å².